The van der Waals surface area contributed by atoms with Crippen LogP contribution in [0.5, 0.6) is 0 Å². The summed E-state index contributed by atoms with van der Waals surface area (Å²) in [5.41, 5.74) is 5.20. The normalized spacial score (nSPS) is 29.2. The van der Waals surface area contributed by atoms with Crippen LogP contribution >= 0.6 is 0 Å². The minimum atomic E-state index is -0.0843. The van der Waals surface area contributed by atoms with Crippen molar-refractivity contribution in [2.75, 3.05) is 13.1 Å². The first-order valence-electron chi connectivity index (χ1n) is 3.76. The second-order valence-electron chi connectivity index (χ2n) is 3.38. The van der Waals surface area contributed by atoms with Crippen LogP contribution in [0.3, 0.4) is 0 Å². The Morgan fingerprint density at radius 2 is 2.10 bits per heavy atom. The van der Waals surface area contributed by atoms with Gasteiger partial charge in [0, 0.05) is 13.1 Å². The average molecular weight is 140 g/mol. The molecule has 1 saturated heterocycles. The number of rotatable bonds is 2. The van der Waals surface area contributed by atoms with Gasteiger partial charge in [-0.05, 0) is 18.8 Å². The van der Waals surface area contributed by atoms with E-state index in [9.17, 15) is 4.79 Å². The molecular weight excluding hydrogens is 128 g/mol. The van der Waals surface area contributed by atoms with Crippen molar-refractivity contribution in [3.05, 3.63) is 0 Å². The van der Waals surface area contributed by atoms with Gasteiger partial charge in [0.1, 0.15) is 0 Å². The van der Waals surface area contributed by atoms with E-state index in [1.807, 2.05) is 0 Å². The summed E-state index contributed by atoms with van der Waals surface area (Å²) in [6.45, 7) is 1.98. The van der Waals surface area contributed by atoms with Crippen LogP contribution in [-0.2, 0) is 4.79 Å². The van der Waals surface area contributed by atoms with Crippen molar-refractivity contribution in [2.24, 2.45) is 17.1 Å². The first kappa shape index (κ1) is 6.16. The molecule has 10 heavy (non-hydrogen) atoms. The molecule has 2 fully saturated rings. The monoisotopic (exact) mass is 140 g/mol. The second-order valence-corrected chi connectivity index (χ2v) is 3.38. The molecule has 1 heterocycles. The number of hydrogen-bond acceptors (Lipinski definition) is 2. The maximum atomic E-state index is 10.9. The minimum Gasteiger partial charge on any atom is -0.369 e. The summed E-state index contributed by atoms with van der Waals surface area (Å²) in [6.07, 6.45) is 2.04. The van der Waals surface area contributed by atoms with Crippen LogP contribution in [0.1, 0.15) is 12.8 Å². The van der Waals surface area contributed by atoms with Crippen LogP contribution in [0.4, 0.5) is 0 Å². The topological polar surface area (TPSA) is 55.1 Å². The Hall–Kier alpha value is -0.570. The lowest BCUT2D eigenvalue weighted by Gasteiger charge is -2.33. The molecule has 0 aromatic carbocycles. The molecule has 3 N–H and O–H groups in total. The molecule has 0 bridgehead atoms. The third-order valence-electron chi connectivity index (χ3n) is 2.84. The maximum absolute atomic E-state index is 10.9. The zero-order valence-electron chi connectivity index (χ0n) is 5.89. The molecule has 0 aromatic rings. The first-order chi connectivity index (χ1) is 4.76. The number of nitrogens with two attached hydrogens (primary N) is 1. The molecule has 0 aromatic heterocycles. The van der Waals surface area contributed by atoms with Crippen LogP contribution in [0.2, 0.25) is 0 Å². The lowest BCUT2D eigenvalue weighted by molar-refractivity contribution is -0.125. The van der Waals surface area contributed by atoms with Crippen molar-refractivity contribution < 1.29 is 4.79 Å². The molecule has 0 radical (unpaired) electrons. The average Bonchev–Trinajstić information content (AvgIpc) is 2.41. The van der Waals surface area contributed by atoms with Gasteiger partial charge in [-0.1, -0.05) is 0 Å². The van der Waals surface area contributed by atoms with E-state index in [4.69, 9.17) is 5.73 Å². The largest absolute Gasteiger partial charge is 0.369 e. The molecule has 0 unspecified atom stereocenters. The number of amides is 1. The summed E-state index contributed by atoms with van der Waals surface area (Å²) >= 11 is 0. The van der Waals surface area contributed by atoms with E-state index in [-0.39, 0.29) is 11.3 Å². The predicted molar refractivity (Wildman–Crippen MR) is 37.2 cm³/mol. The van der Waals surface area contributed by atoms with Gasteiger partial charge >= 0.3 is 0 Å². The third-order valence-corrected chi connectivity index (χ3v) is 2.84. The van der Waals surface area contributed by atoms with Crippen molar-refractivity contribution in [3.8, 4) is 0 Å². The summed E-state index contributed by atoms with van der Waals surface area (Å²) in [7, 11) is 0. The van der Waals surface area contributed by atoms with E-state index in [1.165, 1.54) is 0 Å². The van der Waals surface area contributed by atoms with E-state index in [0.717, 1.165) is 25.9 Å². The van der Waals surface area contributed by atoms with E-state index in [0.29, 0.717) is 5.92 Å². The standard InChI is InChI=1S/C7H12N2O/c8-6(10)7(1-2-7)5-3-9-4-5/h5,9H,1-4H2,(H2,8,10). The van der Waals surface area contributed by atoms with Crippen molar-refractivity contribution in [2.45, 2.75) is 12.8 Å². The van der Waals surface area contributed by atoms with E-state index in [1.54, 1.807) is 0 Å². The Morgan fingerprint density at radius 3 is 2.20 bits per heavy atom. The molecule has 1 saturated carbocycles. The summed E-state index contributed by atoms with van der Waals surface area (Å²) in [4.78, 5) is 10.9. The molecule has 3 heteroatoms. The van der Waals surface area contributed by atoms with Gasteiger partial charge < -0.3 is 11.1 Å². The highest BCUT2D eigenvalue weighted by atomic mass is 16.1. The van der Waals surface area contributed by atoms with Gasteiger partial charge in [0.15, 0.2) is 0 Å². The number of carbonyl (C=O) groups is 1. The van der Waals surface area contributed by atoms with Crippen LogP contribution in [0.25, 0.3) is 0 Å². The Balaban J connectivity index is 2.06. The molecule has 3 nitrogen and oxygen atoms in total. The van der Waals surface area contributed by atoms with E-state index >= 15 is 0 Å². The predicted octanol–water partition coefficient (Wildman–Crippen LogP) is -0.529. The highest BCUT2D eigenvalue weighted by molar-refractivity contribution is 5.84. The van der Waals surface area contributed by atoms with Crippen molar-refractivity contribution in [3.63, 3.8) is 0 Å². The quantitative estimate of drug-likeness (QED) is 0.542. The lowest BCUT2D eigenvalue weighted by atomic mass is 9.84. The zero-order valence-corrected chi connectivity index (χ0v) is 5.89. The molecule has 2 aliphatic rings. The molecule has 1 aliphatic heterocycles. The van der Waals surface area contributed by atoms with Gasteiger partial charge in [0.05, 0.1) is 5.41 Å². The Bertz CT molecular complexity index is 170. The van der Waals surface area contributed by atoms with Crippen LogP contribution in [0.15, 0.2) is 0 Å². The molecule has 1 amide bonds. The molecule has 0 spiro atoms. The second kappa shape index (κ2) is 1.72. The van der Waals surface area contributed by atoms with Gasteiger partial charge in [0.25, 0.3) is 0 Å². The fourth-order valence-corrected chi connectivity index (χ4v) is 1.67. The maximum Gasteiger partial charge on any atom is 0.224 e. The minimum absolute atomic E-state index is 0.0781. The Labute approximate surface area is 60.0 Å². The van der Waals surface area contributed by atoms with Crippen LogP contribution < -0.4 is 11.1 Å². The van der Waals surface area contributed by atoms with Crippen LogP contribution in [-0.4, -0.2) is 19.0 Å². The van der Waals surface area contributed by atoms with Gasteiger partial charge in [-0.2, -0.15) is 0 Å². The first-order valence-corrected chi connectivity index (χ1v) is 3.76. The summed E-state index contributed by atoms with van der Waals surface area (Å²) in [5, 5.41) is 3.15. The number of carbonyl (C=O) groups excluding carboxylic acids is 1. The Kier molecular flexibility index (Phi) is 1.06. The zero-order chi connectivity index (χ0) is 7.19. The van der Waals surface area contributed by atoms with E-state index < -0.39 is 0 Å². The fourth-order valence-electron chi connectivity index (χ4n) is 1.67. The highest BCUT2D eigenvalue weighted by Crippen LogP contribution is 2.52. The number of hydrogen-bond donors (Lipinski definition) is 2. The van der Waals surface area contributed by atoms with E-state index in [2.05, 4.69) is 5.32 Å². The third kappa shape index (κ3) is 0.611. The molecule has 2 rings (SSSR count). The fraction of sp³-hybridized carbons (Fsp3) is 0.857. The smallest absolute Gasteiger partial charge is 0.224 e. The molecular formula is C7H12N2O. The molecule has 1 aliphatic carbocycles. The SMILES string of the molecule is NC(=O)C1(C2CNC2)CC1. The van der Waals surface area contributed by atoms with Crippen molar-refractivity contribution in [1.82, 2.24) is 5.32 Å². The number of primary amides is 1. The van der Waals surface area contributed by atoms with Gasteiger partial charge in [-0.3, -0.25) is 4.79 Å². The highest BCUT2D eigenvalue weighted by Gasteiger charge is 2.55. The Morgan fingerprint density at radius 1 is 1.50 bits per heavy atom. The van der Waals surface area contributed by atoms with Crippen LogP contribution in [0, 0.1) is 11.3 Å². The van der Waals surface area contributed by atoms with Gasteiger partial charge in [0.2, 0.25) is 5.91 Å². The van der Waals surface area contributed by atoms with Crippen molar-refractivity contribution in [1.29, 1.82) is 0 Å². The van der Waals surface area contributed by atoms with Crippen molar-refractivity contribution >= 4 is 5.91 Å². The van der Waals surface area contributed by atoms with Gasteiger partial charge in [-0.15, -0.1) is 0 Å². The molecule has 0 atom stereocenters. The summed E-state index contributed by atoms with van der Waals surface area (Å²) in [5.74, 6) is 0.462. The van der Waals surface area contributed by atoms with Gasteiger partial charge in [-0.25, -0.2) is 0 Å². The lowest BCUT2D eigenvalue weighted by Crippen LogP contribution is -2.50. The number of nitrogens with one attached hydrogen (secondary N) is 1. The summed E-state index contributed by atoms with van der Waals surface area (Å²) < 4.78 is 0. The molecule has 56 valence electrons. The summed E-state index contributed by atoms with van der Waals surface area (Å²) in [6, 6.07) is 0.